The molecule has 0 radical (unpaired) electrons. The SMILES string of the molecule is CO/N=C(\C(=O)N[C@@H]1C(=O)N2C(C(=O)[O-])=C(C[n+]3cccc(Cl)c3)CS[C@H]12)c1csc(N)n1. The molecule has 172 valence electrons. The highest BCUT2D eigenvalue weighted by Crippen LogP contribution is 2.40. The summed E-state index contributed by atoms with van der Waals surface area (Å²) in [5.41, 5.74) is 5.98. The minimum atomic E-state index is -1.46. The van der Waals surface area contributed by atoms with E-state index in [2.05, 4.69) is 15.5 Å². The van der Waals surface area contributed by atoms with Crippen LogP contribution in [0.5, 0.6) is 0 Å². The Morgan fingerprint density at radius 1 is 1.52 bits per heavy atom. The minimum absolute atomic E-state index is 0.147. The predicted molar refractivity (Wildman–Crippen MR) is 119 cm³/mol. The molecule has 0 unspecified atom stereocenters. The summed E-state index contributed by atoms with van der Waals surface area (Å²) in [5.74, 6) is -2.40. The van der Waals surface area contributed by atoms with Gasteiger partial charge < -0.3 is 25.8 Å². The highest BCUT2D eigenvalue weighted by atomic mass is 35.5. The van der Waals surface area contributed by atoms with Crippen molar-refractivity contribution in [1.29, 1.82) is 0 Å². The maximum atomic E-state index is 12.9. The third-order valence-electron chi connectivity index (χ3n) is 4.88. The number of hydrogen-bond donors (Lipinski definition) is 2. The number of halogens is 1. The summed E-state index contributed by atoms with van der Waals surface area (Å²) in [7, 11) is 1.27. The minimum Gasteiger partial charge on any atom is -0.543 e. The van der Waals surface area contributed by atoms with Crippen molar-refractivity contribution in [3.63, 3.8) is 0 Å². The number of rotatable bonds is 7. The number of carboxylic acids is 1. The van der Waals surface area contributed by atoms with Crippen molar-refractivity contribution in [2.24, 2.45) is 5.16 Å². The molecule has 2 aliphatic rings. The lowest BCUT2D eigenvalue weighted by Gasteiger charge is -2.50. The van der Waals surface area contributed by atoms with Crippen LogP contribution in [0.15, 0.2) is 46.3 Å². The molecule has 1 fully saturated rings. The van der Waals surface area contributed by atoms with Crippen LogP contribution >= 0.6 is 34.7 Å². The molecule has 3 N–H and O–H groups in total. The number of carbonyl (C=O) groups is 3. The molecule has 14 heteroatoms. The van der Waals surface area contributed by atoms with E-state index in [4.69, 9.17) is 22.2 Å². The van der Waals surface area contributed by atoms with Gasteiger partial charge in [-0.05, 0) is 6.07 Å². The highest BCUT2D eigenvalue weighted by molar-refractivity contribution is 8.00. The number of β-lactam (4-membered cyclic amide) rings is 1. The van der Waals surface area contributed by atoms with Crippen molar-refractivity contribution in [2.45, 2.75) is 18.0 Å². The quantitative estimate of drug-likeness (QED) is 0.211. The number of pyridine rings is 1. The number of hydrogen-bond acceptors (Lipinski definition) is 10. The molecular formula is C19H17ClN6O5S2. The Hall–Kier alpha value is -3.16. The fourth-order valence-corrected chi connectivity index (χ4v) is 5.58. The van der Waals surface area contributed by atoms with Gasteiger partial charge in [0, 0.05) is 22.8 Å². The third-order valence-corrected chi connectivity index (χ3v) is 7.12. The Morgan fingerprint density at radius 2 is 2.30 bits per heavy atom. The summed E-state index contributed by atoms with van der Waals surface area (Å²) in [4.78, 5) is 47.4. The predicted octanol–water partition coefficient (Wildman–Crippen LogP) is -0.879. The number of aliphatic carboxylic acids is 1. The number of nitrogens with zero attached hydrogens (tertiary/aromatic N) is 4. The number of anilines is 1. The molecule has 0 aliphatic carbocycles. The normalized spacial score (nSPS) is 20.2. The second-order valence-corrected chi connectivity index (χ2v) is 9.42. The smallest absolute Gasteiger partial charge is 0.276 e. The highest BCUT2D eigenvalue weighted by Gasteiger charge is 2.53. The first-order valence-electron chi connectivity index (χ1n) is 9.46. The molecule has 2 aliphatic heterocycles. The van der Waals surface area contributed by atoms with E-state index in [-0.39, 0.29) is 28.8 Å². The molecule has 0 aromatic carbocycles. The van der Waals surface area contributed by atoms with E-state index in [9.17, 15) is 19.5 Å². The van der Waals surface area contributed by atoms with E-state index < -0.39 is 29.2 Å². The second-order valence-electron chi connectivity index (χ2n) is 6.99. The summed E-state index contributed by atoms with van der Waals surface area (Å²) in [5, 5.41) is 19.9. The number of nitrogen functional groups attached to an aromatic ring is 1. The number of nitrogens with two attached hydrogens (primary N) is 1. The van der Waals surface area contributed by atoms with Gasteiger partial charge in [0.05, 0.1) is 11.7 Å². The number of amides is 2. The molecule has 0 spiro atoms. The Kier molecular flexibility index (Phi) is 6.54. The molecule has 2 amide bonds. The Bertz CT molecular complexity index is 1200. The lowest BCUT2D eigenvalue weighted by Crippen LogP contribution is -2.71. The van der Waals surface area contributed by atoms with Crippen LogP contribution in [0.4, 0.5) is 5.13 Å². The van der Waals surface area contributed by atoms with Crippen LogP contribution in [0.3, 0.4) is 0 Å². The summed E-state index contributed by atoms with van der Waals surface area (Å²) in [6.45, 7) is 0.223. The monoisotopic (exact) mass is 508 g/mol. The number of fused-ring (bicyclic) bond motifs is 1. The Morgan fingerprint density at radius 3 is 2.94 bits per heavy atom. The van der Waals surface area contributed by atoms with Crippen LogP contribution in [0.1, 0.15) is 5.69 Å². The van der Waals surface area contributed by atoms with Gasteiger partial charge in [-0.25, -0.2) is 4.98 Å². The topological polar surface area (TPSA) is 154 Å². The fourth-order valence-electron chi connectivity index (χ4n) is 3.50. The second kappa shape index (κ2) is 9.37. The summed E-state index contributed by atoms with van der Waals surface area (Å²) in [6, 6.07) is 2.48. The molecular weight excluding hydrogens is 492 g/mol. The average Bonchev–Trinajstić information content (AvgIpc) is 3.21. The number of aromatic nitrogens is 2. The molecule has 2 aromatic rings. The Balaban J connectivity index is 1.54. The standard InChI is InChI=1S/C19H17ClN6O5S2/c1-31-24-12(11-8-33-19(21)22-11)15(27)23-13-16(28)26-14(18(29)30)9(7-32-17(13)26)5-25-4-2-3-10(20)6-25/h2-4,6,8,13,17H,5,7H2,1H3,(H3-,21,22,23,27,29,30)/b24-12-/t13-,17-/m1/s1. The molecule has 2 atom stereocenters. The molecule has 11 nitrogen and oxygen atoms in total. The molecule has 1 saturated heterocycles. The first kappa shape index (κ1) is 23.0. The van der Waals surface area contributed by atoms with Crippen molar-refractivity contribution in [1.82, 2.24) is 15.2 Å². The van der Waals surface area contributed by atoms with Gasteiger partial charge in [-0.3, -0.25) is 14.5 Å². The first-order chi connectivity index (χ1) is 15.8. The molecule has 0 saturated carbocycles. The van der Waals surface area contributed by atoms with E-state index in [0.717, 1.165) is 16.2 Å². The maximum absolute atomic E-state index is 12.9. The van der Waals surface area contributed by atoms with Crippen LogP contribution in [0.2, 0.25) is 5.02 Å². The van der Waals surface area contributed by atoms with Crippen molar-refractivity contribution in [2.75, 3.05) is 18.6 Å². The van der Waals surface area contributed by atoms with Crippen LogP contribution in [-0.2, 0) is 25.8 Å². The Labute approximate surface area is 200 Å². The van der Waals surface area contributed by atoms with Gasteiger partial charge in [0.15, 0.2) is 29.8 Å². The summed E-state index contributed by atoms with van der Waals surface area (Å²) in [6.07, 6.45) is 3.40. The van der Waals surface area contributed by atoms with E-state index in [1.807, 2.05) is 0 Å². The number of thiazole rings is 1. The summed E-state index contributed by atoms with van der Waals surface area (Å²) < 4.78 is 1.72. The van der Waals surface area contributed by atoms with Gasteiger partial charge in [0.25, 0.3) is 11.8 Å². The molecule has 2 aromatic heterocycles. The van der Waals surface area contributed by atoms with Gasteiger partial charge in [-0.2, -0.15) is 4.57 Å². The van der Waals surface area contributed by atoms with Crippen LogP contribution < -0.4 is 20.7 Å². The molecule has 0 bridgehead atoms. The zero-order valence-electron chi connectivity index (χ0n) is 17.1. The van der Waals surface area contributed by atoms with E-state index >= 15 is 0 Å². The largest absolute Gasteiger partial charge is 0.543 e. The average molecular weight is 509 g/mol. The number of carbonyl (C=O) groups excluding carboxylic acids is 3. The van der Waals surface area contributed by atoms with E-state index in [1.54, 1.807) is 29.1 Å². The lowest BCUT2D eigenvalue weighted by atomic mass is 10.0. The third kappa shape index (κ3) is 4.51. The van der Waals surface area contributed by atoms with Crippen LogP contribution in [-0.4, -0.2) is 57.7 Å². The number of nitrogens with one attached hydrogen (secondary N) is 1. The van der Waals surface area contributed by atoms with Gasteiger partial charge in [-0.15, -0.1) is 23.1 Å². The van der Waals surface area contributed by atoms with Gasteiger partial charge in [-0.1, -0.05) is 16.8 Å². The van der Waals surface area contributed by atoms with Gasteiger partial charge in [0.1, 0.15) is 29.2 Å². The molecule has 33 heavy (non-hydrogen) atoms. The van der Waals surface area contributed by atoms with E-state index in [0.29, 0.717) is 16.3 Å². The van der Waals surface area contributed by atoms with Crippen molar-refractivity contribution in [3.05, 3.63) is 51.9 Å². The number of thioether (sulfide) groups is 1. The van der Waals surface area contributed by atoms with Crippen LogP contribution in [0, 0.1) is 0 Å². The van der Waals surface area contributed by atoms with Crippen molar-refractivity contribution < 1.29 is 28.9 Å². The summed E-state index contributed by atoms with van der Waals surface area (Å²) >= 11 is 8.46. The fraction of sp³-hybridized carbons (Fsp3) is 0.263. The van der Waals surface area contributed by atoms with E-state index in [1.165, 1.54) is 24.3 Å². The van der Waals surface area contributed by atoms with Crippen molar-refractivity contribution >= 4 is 63.3 Å². The zero-order valence-corrected chi connectivity index (χ0v) is 19.4. The zero-order chi connectivity index (χ0) is 23.7. The van der Waals surface area contributed by atoms with Crippen molar-refractivity contribution in [3.8, 4) is 0 Å². The number of oxime groups is 1. The van der Waals surface area contributed by atoms with Gasteiger partial charge in [0.2, 0.25) is 0 Å². The van der Waals surface area contributed by atoms with Gasteiger partial charge >= 0.3 is 0 Å². The lowest BCUT2D eigenvalue weighted by molar-refractivity contribution is -0.689. The molecule has 4 heterocycles. The first-order valence-corrected chi connectivity index (χ1v) is 11.8. The van der Waals surface area contributed by atoms with Crippen LogP contribution in [0.25, 0.3) is 0 Å². The number of carboxylic acid groups (broad SMARTS) is 1. The molecule has 4 rings (SSSR count). The maximum Gasteiger partial charge on any atom is 0.276 e.